The van der Waals surface area contributed by atoms with Crippen molar-refractivity contribution < 1.29 is 14.1 Å². The van der Waals surface area contributed by atoms with Gasteiger partial charge in [-0.1, -0.05) is 42.4 Å². The van der Waals surface area contributed by atoms with E-state index in [2.05, 4.69) is 39.0 Å². The molecule has 3 aromatic carbocycles. The quantitative estimate of drug-likeness (QED) is 0.108. The minimum atomic E-state index is -2.60. The lowest BCUT2D eigenvalue weighted by Gasteiger charge is -2.33. The van der Waals surface area contributed by atoms with E-state index in [0.717, 1.165) is 42.9 Å². The van der Waals surface area contributed by atoms with E-state index in [0.29, 0.717) is 51.9 Å². The maximum atomic E-state index is 13.0. The zero-order chi connectivity index (χ0) is 33.0. The summed E-state index contributed by atoms with van der Waals surface area (Å²) in [6, 6.07) is 16.9. The summed E-state index contributed by atoms with van der Waals surface area (Å²) in [5, 5.41) is 7.21. The molecule has 10 nitrogen and oxygen atoms in total. The number of amides is 1. The average Bonchev–Trinajstić information content (AvgIpc) is 3.03. The number of nitrogens with zero attached hydrogens (tertiary/aromatic N) is 4. The van der Waals surface area contributed by atoms with E-state index >= 15 is 0 Å². The number of likely N-dealkylation sites (N-methyl/N-ethyl adjacent to an activating group) is 1. The number of nitrogens with one attached hydrogen (secondary N) is 2. The van der Waals surface area contributed by atoms with Crippen LogP contribution in [0.4, 0.5) is 22.9 Å². The predicted molar refractivity (Wildman–Crippen MR) is 189 cm³/mol. The molecule has 46 heavy (non-hydrogen) atoms. The number of piperazine rings is 1. The highest BCUT2D eigenvalue weighted by Gasteiger charge is 2.24. The second-order valence-corrected chi connectivity index (χ2v) is 15.2. The van der Waals surface area contributed by atoms with E-state index in [-0.39, 0.29) is 10.9 Å². The molecular weight excluding hydrogens is 621 g/mol. The fraction of sp³-hybridized carbons (Fsp3) is 0.265. The smallest absolute Gasteiger partial charge is 0.247 e. The number of benzene rings is 3. The normalized spacial score (nSPS) is 14.1. The van der Waals surface area contributed by atoms with E-state index in [1.165, 1.54) is 12.3 Å². The van der Waals surface area contributed by atoms with Crippen LogP contribution >= 0.6 is 18.7 Å². The molecule has 0 spiro atoms. The van der Waals surface area contributed by atoms with E-state index in [4.69, 9.17) is 27.1 Å². The summed E-state index contributed by atoms with van der Waals surface area (Å²) in [5.41, 5.74) is 11.7. The van der Waals surface area contributed by atoms with Crippen LogP contribution in [-0.2, 0) is 15.9 Å². The number of nitrogens with two attached hydrogens (primary N) is 1. The Morgan fingerprint density at radius 3 is 2.48 bits per heavy atom. The molecular formula is C34H39ClN7O3P. The highest BCUT2D eigenvalue weighted by Crippen LogP contribution is 2.44. The van der Waals surface area contributed by atoms with Gasteiger partial charge in [-0.2, -0.15) is 0 Å². The Kier molecular flexibility index (Phi) is 10.1. The Hall–Kier alpha value is -4.21. The Labute approximate surface area is 275 Å². The number of rotatable bonds is 10. The molecule has 1 aliphatic heterocycles. The highest BCUT2D eigenvalue weighted by molar-refractivity contribution is 7.70. The summed E-state index contributed by atoms with van der Waals surface area (Å²) < 4.78 is 18.7. The van der Waals surface area contributed by atoms with Crippen LogP contribution in [0.2, 0.25) is 5.02 Å². The van der Waals surface area contributed by atoms with Crippen molar-refractivity contribution in [2.75, 3.05) is 70.0 Å². The minimum Gasteiger partial charge on any atom is -0.496 e. The zero-order valence-electron chi connectivity index (χ0n) is 26.5. The molecule has 1 saturated heterocycles. The largest absolute Gasteiger partial charge is 0.496 e. The molecule has 0 saturated carbocycles. The molecule has 5 rings (SSSR count). The third-order valence-electron chi connectivity index (χ3n) is 8.02. The van der Waals surface area contributed by atoms with Gasteiger partial charge in [0, 0.05) is 49.3 Å². The average molecular weight is 660 g/mol. The fourth-order valence-corrected chi connectivity index (χ4v) is 6.82. The van der Waals surface area contributed by atoms with Crippen LogP contribution in [0.15, 0.2) is 73.4 Å². The van der Waals surface area contributed by atoms with Gasteiger partial charge >= 0.3 is 0 Å². The number of para-hydroxylation sites is 1. The molecule has 0 radical (unpaired) electrons. The van der Waals surface area contributed by atoms with Gasteiger partial charge in [-0.3, -0.25) is 9.69 Å². The van der Waals surface area contributed by atoms with Crippen LogP contribution in [0.5, 0.6) is 5.75 Å². The number of methoxy groups -OCH3 is 1. The lowest BCUT2D eigenvalue weighted by molar-refractivity contribution is -0.111. The van der Waals surface area contributed by atoms with Crippen LogP contribution in [-0.4, -0.2) is 79.3 Å². The molecule has 0 bridgehead atoms. The Balaban J connectivity index is 1.61. The van der Waals surface area contributed by atoms with Gasteiger partial charge in [0.05, 0.1) is 30.2 Å². The molecule has 2 heterocycles. The van der Waals surface area contributed by atoms with Crippen molar-refractivity contribution in [2.45, 2.75) is 6.54 Å². The lowest BCUT2D eigenvalue weighted by atomic mass is 9.93. The molecule has 1 aliphatic rings. The third kappa shape index (κ3) is 7.26. The Morgan fingerprint density at radius 2 is 1.78 bits per heavy atom. The second-order valence-electron chi connectivity index (χ2n) is 11.6. The van der Waals surface area contributed by atoms with E-state index in [1.807, 2.05) is 54.6 Å². The van der Waals surface area contributed by atoms with Crippen LogP contribution < -0.4 is 26.4 Å². The summed E-state index contributed by atoms with van der Waals surface area (Å²) in [7, 11) is 1.08. The first-order valence-electron chi connectivity index (χ1n) is 14.9. The van der Waals surface area contributed by atoms with Gasteiger partial charge in [0.2, 0.25) is 5.91 Å². The number of aromatic nitrogens is 2. The Morgan fingerprint density at radius 1 is 1.07 bits per heavy atom. The maximum Gasteiger partial charge on any atom is 0.247 e. The molecule has 1 amide bonds. The van der Waals surface area contributed by atoms with Crippen molar-refractivity contribution in [1.29, 1.82) is 0 Å². The summed E-state index contributed by atoms with van der Waals surface area (Å²) in [4.78, 5) is 26.4. The summed E-state index contributed by atoms with van der Waals surface area (Å²) in [6.07, 6.45) is 2.76. The van der Waals surface area contributed by atoms with Gasteiger partial charge in [-0.15, -0.1) is 0 Å². The van der Waals surface area contributed by atoms with Gasteiger partial charge in [0.25, 0.3) is 0 Å². The number of ether oxygens (including phenoxy) is 1. The zero-order valence-corrected chi connectivity index (χ0v) is 28.2. The number of carbonyl (C=O) groups is 1. The maximum absolute atomic E-state index is 13.0. The molecule has 12 heteroatoms. The molecule has 0 atom stereocenters. The van der Waals surface area contributed by atoms with Gasteiger partial charge in [-0.05, 0) is 67.9 Å². The first-order valence-corrected chi connectivity index (χ1v) is 17.9. The van der Waals surface area contributed by atoms with Gasteiger partial charge < -0.3 is 30.6 Å². The highest BCUT2D eigenvalue weighted by atomic mass is 35.5. The predicted octanol–water partition coefficient (Wildman–Crippen LogP) is 5.92. The third-order valence-corrected chi connectivity index (χ3v) is 9.85. The summed E-state index contributed by atoms with van der Waals surface area (Å²) in [5.74, 6) is 0.829. The van der Waals surface area contributed by atoms with Crippen molar-refractivity contribution in [2.24, 2.45) is 0 Å². The second kappa shape index (κ2) is 14.1. The van der Waals surface area contributed by atoms with Crippen LogP contribution in [0, 0.1) is 0 Å². The Bertz CT molecular complexity index is 1820. The van der Waals surface area contributed by atoms with Crippen molar-refractivity contribution in [3.8, 4) is 28.3 Å². The molecule has 0 unspecified atom stereocenters. The van der Waals surface area contributed by atoms with Gasteiger partial charge in [0.15, 0.2) is 11.6 Å². The molecule has 240 valence electrons. The number of hydrogen-bond acceptors (Lipinski definition) is 9. The van der Waals surface area contributed by atoms with Crippen LogP contribution in [0.1, 0.15) is 5.56 Å². The van der Waals surface area contributed by atoms with Gasteiger partial charge in [0.1, 0.15) is 17.9 Å². The van der Waals surface area contributed by atoms with E-state index < -0.39 is 7.14 Å². The topological polar surface area (TPSA) is 126 Å². The van der Waals surface area contributed by atoms with Crippen molar-refractivity contribution in [3.63, 3.8) is 0 Å². The van der Waals surface area contributed by atoms with Crippen molar-refractivity contribution in [3.05, 3.63) is 84.0 Å². The van der Waals surface area contributed by atoms with Gasteiger partial charge in [-0.25, -0.2) is 9.97 Å². The minimum absolute atomic E-state index is 0.286. The van der Waals surface area contributed by atoms with E-state index in [1.54, 1.807) is 20.4 Å². The fourth-order valence-electron chi connectivity index (χ4n) is 5.53. The summed E-state index contributed by atoms with van der Waals surface area (Å²) >= 11 is 6.57. The van der Waals surface area contributed by atoms with Crippen LogP contribution in [0.25, 0.3) is 22.5 Å². The molecule has 1 aromatic heterocycles. The van der Waals surface area contributed by atoms with Crippen molar-refractivity contribution in [1.82, 2.24) is 19.8 Å². The number of nitrogen functional groups attached to an aromatic ring is 1. The SMILES string of the molecule is C=CC(=O)Nc1cccc(-c2ccc(OC)c(-c3ncc(Cl)c(Nc4ccccc4P(C)(C)=O)n3)c2N)c1CN1CCN(C)CC1. The molecule has 4 N–H and O–H groups in total. The first-order chi connectivity index (χ1) is 22.0. The lowest BCUT2D eigenvalue weighted by Crippen LogP contribution is -2.44. The molecule has 0 aliphatic carbocycles. The number of carbonyl (C=O) groups excluding carboxylic acids is 1. The van der Waals surface area contributed by atoms with Crippen LogP contribution in [0.3, 0.4) is 0 Å². The number of hydrogen-bond donors (Lipinski definition) is 3. The number of halogens is 1. The summed E-state index contributed by atoms with van der Waals surface area (Å²) in [6.45, 7) is 11.4. The number of anilines is 4. The monoisotopic (exact) mass is 659 g/mol. The molecule has 4 aromatic rings. The van der Waals surface area contributed by atoms with E-state index in [9.17, 15) is 9.36 Å². The van der Waals surface area contributed by atoms with Crippen molar-refractivity contribution >= 4 is 52.8 Å². The standard InChI is InChI=1S/C34H39ClN7O3P/c1-6-30(43)38-26-12-9-10-22(24(26)21-42-18-16-41(2)17-19-42)23-14-15-28(45-3)31(32(23)36)34-37-20-25(35)33(40-34)39-27-11-7-8-13-29(27)46(4,5)44/h6-15,20H,1,16-19,21,36H2,2-5H3,(H,38,43)(H,37,39,40). The first kappa shape index (κ1) is 33.2. The molecule has 1 fully saturated rings.